The molecule has 1 aromatic heterocycles. The fourth-order valence-corrected chi connectivity index (χ4v) is 3.47. The summed E-state index contributed by atoms with van der Waals surface area (Å²) in [6.45, 7) is 0.184. The van der Waals surface area contributed by atoms with Crippen molar-refractivity contribution in [1.82, 2.24) is 15.1 Å². The lowest BCUT2D eigenvalue weighted by Gasteiger charge is -2.13. The van der Waals surface area contributed by atoms with Gasteiger partial charge in [0.15, 0.2) is 6.10 Å². The first kappa shape index (κ1) is 21.1. The third-order valence-electron chi connectivity index (χ3n) is 4.97. The van der Waals surface area contributed by atoms with Crippen LogP contribution in [0.2, 0.25) is 0 Å². The number of carbonyl (C=O) groups is 3. The lowest BCUT2D eigenvalue weighted by Crippen LogP contribution is -2.37. The molecule has 2 aromatic carbocycles. The number of amides is 2. The standard InChI is InChI=1S/C23H22N4O5/c1-31-23(30)17-9-15(10-18(11-17)26-21(28)14-27-8-4-7-25-27)13-24-22(29)20-12-16-5-2-3-6-19(16)32-20/h2-11,20H,12-14H2,1H3,(H,24,29)(H,26,28). The van der Waals surface area contributed by atoms with Crippen LogP contribution in [0.1, 0.15) is 21.5 Å². The number of aromatic nitrogens is 2. The van der Waals surface area contributed by atoms with Gasteiger partial charge in [-0.3, -0.25) is 14.3 Å². The summed E-state index contributed by atoms with van der Waals surface area (Å²) in [6, 6.07) is 14.1. The van der Waals surface area contributed by atoms with Crippen LogP contribution in [0.25, 0.3) is 0 Å². The second-order valence-electron chi connectivity index (χ2n) is 7.30. The number of nitrogens with zero attached hydrogens (tertiary/aromatic N) is 2. The fraction of sp³-hybridized carbons (Fsp3) is 0.217. The van der Waals surface area contributed by atoms with E-state index in [4.69, 9.17) is 9.47 Å². The Morgan fingerprint density at radius 2 is 2.03 bits per heavy atom. The molecule has 0 fully saturated rings. The number of nitrogens with one attached hydrogen (secondary N) is 2. The number of methoxy groups -OCH3 is 1. The molecule has 164 valence electrons. The van der Waals surface area contributed by atoms with Crippen LogP contribution in [0, 0.1) is 0 Å². The Kier molecular flexibility index (Phi) is 6.16. The highest BCUT2D eigenvalue weighted by atomic mass is 16.5. The lowest BCUT2D eigenvalue weighted by atomic mass is 10.1. The second-order valence-corrected chi connectivity index (χ2v) is 7.30. The molecular formula is C23H22N4O5. The number of esters is 1. The first-order chi connectivity index (χ1) is 15.5. The maximum absolute atomic E-state index is 12.6. The summed E-state index contributed by atoms with van der Waals surface area (Å²) < 4.78 is 12.0. The van der Waals surface area contributed by atoms with E-state index in [2.05, 4.69) is 15.7 Å². The van der Waals surface area contributed by atoms with Gasteiger partial charge in [0.2, 0.25) is 5.91 Å². The molecule has 2 heterocycles. The van der Waals surface area contributed by atoms with Crippen molar-refractivity contribution in [2.24, 2.45) is 0 Å². The zero-order valence-electron chi connectivity index (χ0n) is 17.4. The van der Waals surface area contributed by atoms with Crippen LogP contribution in [-0.2, 0) is 33.8 Å². The molecule has 0 aliphatic carbocycles. The Morgan fingerprint density at radius 3 is 2.78 bits per heavy atom. The van der Waals surface area contributed by atoms with Gasteiger partial charge >= 0.3 is 5.97 Å². The third kappa shape index (κ3) is 4.94. The Labute approximate surface area is 184 Å². The molecule has 9 heteroatoms. The second kappa shape index (κ2) is 9.34. The van der Waals surface area contributed by atoms with Gasteiger partial charge in [0.25, 0.3) is 5.91 Å². The van der Waals surface area contributed by atoms with Gasteiger partial charge in [-0.25, -0.2) is 4.79 Å². The van der Waals surface area contributed by atoms with Crippen molar-refractivity contribution < 1.29 is 23.9 Å². The topological polar surface area (TPSA) is 112 Å². The highest BCUT2D eigenvalue weighted by Crippen LogP contribution is 2.28. The first-order valence-electron chi connectivity index (χ1n) is 10.0. The molecule has 2 N–H and O–H groups in total. The molecule has 1 aliphatic rings. The van der Waals surface area contributed by atoms with Crippen molar-refractivity contribution in [2.45, 2.75) is 25.6 Å². The van der Waals surface area contributed by atoms with E-state index in [0.29, 0.717) is 23.4 Å². The van der Waals surface area contributed by atoms with E-state index in [1.165, 1.54) is 17.9 Å². The molecule has 4 rings (SSSR count). The van der Waals surface area contributed by atoms with Crippen molar-refractivity contribution in [3.63, 3.8) is 0 Å². The van der Waals surface area contributed by atoms with E-state index >= 15 is 0 Å². The number of anilines is 1. The number of fused-ring (bicyclic) bond motifs is 1. The molecule has 0 saturated heterocycles. The van der Waals surface area contributed by atoms with Crippen LogP contribution in [-0.4, -0.2) is 40.8 Å². The summed E-state index contributed by atoms with van der Waals surface area (Å²) in [5, 5.41) is 9.58. The number of benzene rings is 2. The molecule has 1 unspecified atom stereocenters. The van der Waals surface area contributed by atoms with E-state index in [-0.39, 0.29) is 30.5 Å². The highest BCUT2D eigenvalue weighted by molar-refractivity contribution is 5.94. The summed E-state index contributed by atoms with van der Waals surface area (Å²) in [6.07, 6.45) is 3.15. The molecule has 1 atom stereocenters. The van der Waals surface area contributed by atoms with Crippen LogP contribution in [0.15, 0.2) is 60.9 Å². The van der Waals surface area contributed by atoms with Gasteiger partial charge in [0.1, 0.15) is 12.3 Å². The summed E-state index contributed by atoms with van der Waals surface area (Å²) in [7, 11) is 1.28. The summed E-state index contributed by atoms with van der Waals surface area (Å²) in [4.78, 5) is 37.0. The Bertz CT molecular complexity index is 1120. The molecule has 0 spiro atoms. The van der Waals surface area contributed by atoms with Crippen LogP contribution < -0.4 is 15.4 Å². The average Bonchev–Trinajstić information content (AvgIpc) is 3.46. The van der Waals surface area contributed by atoms with Crippen molar-refractivity contribution in [1.29, 1.82) is 0 Å². The molecule has 32 heavy (non-hydrogen) atoms. The number of hydrogen-bond donors (Lipinski definition) is 2. The van der Waals surface area contributed by atoms with Crippen LogP contribution in [0.4, 0.5) is 5.69 Å². The molecule has 2 amide bonds. The van der Waals surface area contributed by atoms with Gasteiger partial charge in [-0.05, 0) is 41.5 Å². The molecule has 0 bridgehead atoms. The maximum atomic E-state index is 12.6. The highest BCUT2D eigenvalue weighted by Gasteiger charge is 2.28. The van der Waals surface area contributed by atoms with Crippen molar-refractivity contribution in [3.8, 4) is 5.75 Å². The van der Waals surface area contributed by atoms with Gasteiger partial charge in [-0.1, -0.05) is 18.2 Å². The Hall–Kier alpha value is -4.14. The van der Waals surface area contributed by atoms with E-state index in [9.17, 15) is 14.4 Å². The number of rotatable bonds is 7. The molecular weight excluding hydrogens is 412 g/mol. The smallest absolute Gasteiger partial charge is 0.337 e. The van der Waals surface area contributed by atoms with E-state index in [1.54, 1.807) is 30.6 Å². The van der Waals surface area contributed by atoms with Gasteiger partial charge in [-0.2, -0.15) is 5.10 Å². The molecule has 9 nitrogen and oxygen atoms in total. The summed E-state index contributed by atoms with van der Waals surface area (Å²) >= 11 is 0. The maximum Gasteiger partial charge on any atom is 0.337 e. The van der Waals surface area contributed by atoms with Gasteiger partial charge in [-0.15, -0.1) is 0 Å². The van der Waals surface area contributed by atoms with Crippen LogP contribution in [0.5, 0.6) is 5.75 Å². The van der Waals surface area contributed by atoms with E-state index in [1.807, 2.05) is 24.3 Å². The van der Waals surface area contributed by atoms with Crippen molar-refractivity contribution >= 4 is 23.5 Å². The van der Waals surface area contributed by atoms with Crippen LogP contribution in [0.3, 0.4) is 0 Å². The zero-order valence-corrected chi connectivity index (χ0v) is 17.4. The number of para-hydroxylation sites is 1. The van der Waals surface area contributed by atoms with E-state index in [0.717, 1.165) is 5.56 Å². The first-order valence-corrected chi connectivity index (χ1v) is 10.0. The molecule has 0 radical (unpaired) electrons. The third-order valence-corrected chi connectivity index (χ3v) is 4.97. The van der Waals surface area contributed by atoms with E-state index < -0.39 is 12.1 Å². The number of hydrogen-bond acceptors (Lipinski definition) is 6. The summed E-state index contributed by atoms with van der Waals surface area (Å²) in [5.41, 5.74) is 2.30. The van der Waals surface area contributed by atoms with Crippen LogP contribution >= 0.6 is 0 Å². The minimum Gasteiger partial charge on any atom is -0.480 e. The lowest BCUT2D eigenvalue weighted by molar-refractivity contribution is -0.127. The van der Waals surface area contributed by atoms with Crippen molar-refractivity contribution in [2.75, 3.05) is 12.4 Å². The molecule has 0 saturated carbocycles. The number of ether oxygens (including phenoxy) is 2. The Balaban J connectivity index is 1.43. The van der Waals surface area contributed by atoms with Gasteiger partial charge in [0.05, 0.1) is 12.7 Å². The molecule has 3 aromatic rings. The van der Waals surface area contributed by atoms with Gasteiger partial charge in [0, 0.05) is 31.0 Å². The SMILES string of the molecule is COC(=O)c1cc(CNC(=O)C2Cc3ccccc3O2)cc(NC(=O)Cn2cccn2)c1. The predicted octanol–water partition coefficient (Wildman–Crippen LogP) is 1.93. The van der Waals surface area contributed by atoms with Crippen molar-refractivity contribution in [3.05, 3.63) is 77.6 Å². The van der Waals surface area contributed by atoms with Gasteiger partial charge < -0.3 is 20.1 Å². The average molecular weight is 434 g/mol. The quantitative estimate of drug-likeness (QED) is 0.550. The summed E-state index contributed by atoms with van der Waals surface area (Å²) in [5.74, 6) is -0.394. The normalized spacial score (nSPS) is 14.2. The minimum absolute atomic E-state index is 0.0289. The predicted molar refractivity (Wildman–Crippen MR) is 115 cm³/mol. The largest absolute Gasteiger partial charge is 0.480 e. The monoisotopic (exact) mass is 434 g/mol. The fourth-order valence-electron chi connectivity index (χ4n) is 3.47. The number of carbonyl (C=O) groups excluding carboxylic acids is 3. The molecule has 1 aliphatic heterocycles. The Morgan fingerprint density at radius 1 is 1.19 bits per heavy atom. The minimum atomic E-state index is -0.607. The zero-order chi connectivity index (χ0) is 22.5.